The summed E-state index contributed by atoms with van der Waals surface area (Å²) in [7, 11) is 0. The van der Waals surface area contributed by atoms with E-state index in [0.717, 1.165) is 92.0 Å². The summed E-state index contributed by atoms with van der Waals surface area (Å²) < 4.78 is 21.3. The molecule has 0 aliphatic rings. The first kappa shape index (κ1) is 48.8. The molecule has 9 heteroatoms. The van der Waals surface area contributed by atoms with E-state index in [0.29, 0.717) is 17.2 Å². The summed E-state index contributed by atoms with van der Waals surface area (Å²) in [6, 6.07) is 5.71. The van der Waals surface area contributed by atoms with Crippen LogP contribution in [0.5, 0.6) is 17.2 Å². The second-order valence-corrected chi connectivity index (χ2v) is 10.9. The van der Waals surface area contributed by atoms with E-state index in [-0.39, 0.29) is 91.8 Å². The first-order valence-corrected chi connectivity index (χ1v) is 16.3. The number of para-hydroxylation sites is 1. The number of rotatable bonds is 18. The minimum atomic E-state index is 0. The van der Waals surface area contributed by atoms with Gasteiger partial charge in [0.05, 0.1) is 58.9 Å². The molecule has 0 amide bonds. The topological polar surface area (TPSA) is 27.7 Å². The van der Waals surface area contributed by atoms with E-state index in [1.165, 1.54) is 0 Å². The molecule has 0 heterocycles. The summed E-state index contributed by atoms with van der Waals surface area (Å²) in [5.41, 5.74) is 0. The third kappa shape index (κ3) is 16.4. The van der Waals surface area contributed by atoms with Gasteiger partial charge in [-0.3, -0.25) is 0 Å². The average molecular weight is 964 g/mol. The molecule has 0 N–H and O–H groups in total. The zero-order valence-electron chi connectivity index (χ0n) is 29.5. The van der Waals surface area contributed by atoms with Crippen molar-refractivity contribution in [3.05, 3.63) is 18.2 Å². The van der Waals surface area contributed by atoms with E-state index in [2.05, 4.69) is 97.8 Å². The van der Waals surface area contributed by atoms with Crippen LogP contribution in [0, 0.1) is 35.5 Å². The second-order valence-electron chi connectivity index (χ2n) is 10.9. The SMILES string of the molecule is CC[N+](CC)(CC)CC#CCOc1cccc(OCC#CC[N+](CC)(CC)CC)c1OCC#CC[N+](CC)(CC)CC.[I-].[I-].[I-]. The monoisotopic (exact) mass is 963 g/mol. The predicted octanol–water partition coefficient (Wildman–Crippen LogP) is -3.53. The number of halogens is 3. The highest BCUT2D eigenvalue weighted by atomic mass is 127. The molecule has 0 aliphatic heterocycles. The van der Waals surface area contributed by atoms with Crippen molar-refractivity contribution in [2.45, 2.75) is 62.3 Å². The van der Waals surface area contributed by atoms with Gasteiger partial charge in [0.1, 0.15) is 39.5 Å². The predicted molar refractivity (Wildman–Crippen MR) is 177 cm³/mol. The molecule has 0 saturated heterocycles. The number of benzene rings is 1. The lowest BCUT2D eigenvalue weighted by Gasteiger charge is -2.33. The van der Waals surface area contributed by atoms with Gasteiger partial charge in [0, 0.05) is 0 Å². The molecule has 258 valence electrons. The maximum atomic E-state index is 6.18. The van der Waals surface area contributed by atoms with Gasteiger partial charge in [0.25, 0.3) is 0 Å². The Morgan fingerprint density at radius 1 is 0.422 bits per heavy atom. The molecule has 0 bridgehead atoms. The van der Waals surface area contributed by atoms with Gasteiger partial charge in [0.15, 0.2) is 11.5 Å². The van der Waals surface area contributed by atoms with Crippen molar-refractivity contribution in [1.82, 2.24) is 0 Å². The van der Waals surface area contributed by atoms with Gasteiger partial charge < -0.3 is 99.6 Å². The van der Waals surface area contributed by atoms with E-state index >= 15 is 0 Å². The fourth-order valence-corrected chi connectivity index (χ4v) is 5.04. The van der Waals surface area contributed by atoms with E-state index < -0.39 is 0 Å². The normalized spacial score (nSPS) is 10.6. The number of ether oxygens (including phenoxy) is 3. The van der Waals surface area contributed by atoms with Gasteiger partial charge in [-0.1, -0.05) is 23.8 Å². The molecule has 0 unspecified atom stereocenters. The molecule has 6 nitrogen and oxygen atoms in total. The largest absolute Gasteiger partial charge is 1.00 e. The first-order valence-electron chi connectivity index (χ1n) is 16.3. The van der Waals surface area contributed by atoms with E-state index in [1.807, 2.05) is 18.2 Å². The Bertz CT molecular complexity index is 1010. The van der Waals surface area contributed by atoms with Crippen LogP contribution in [-0.2, 0) is 0 Å². The molecule has 0 aromatic heterocycles. The Kier molecular flexibility index (Phi) is 29.6. The van der Waals surface area contributed by atoms with Crippen molar-refractivity contribution in [3.63, 3.8) is 0 Å². The van der Waals surface area contributed by atoms with Crippen molar-refractivity contribution in [1.29, 1.82) is 0 Å². The van der Waals surface area contributed by atoms with Crippen LogP contribution in [0.15, 0.2) is 18.2 Å². The lowest BCUT2D eigenvalue weighted by Crippen LogP contribution is -3.00. The van der Waals surface area contributed by atoms with Crippen LogP contribution in [0.1, 0.15) is 62.3 Å². The summed E-state index contributed by atoms with van der Waals surface area (Å²) >= 11 is 0. The molecule has 1 aromatic carbocycles. The van der Waals surface area contributed by atoms with E-state index in [9.17, 15) is 0 Å². The zero-order valence-corrected chi connectivity index (χ0v) is 36.0. The van der Waals surface area contributed by atoms with Crippen LogP contribution in [0.2, 0.25) is 0 Å². The molecule has 0 saturated carbocycles. The molecule has 0 radical (unpaired) electrons. The summed E-state index contributed by atoms with van der Waals surface area (Å²) in [6.45, 7) is 33.1. The quantitative estimate of drug-likeness (QED) is 0.0870. The van der Waals surface area contributed by atoms with Gasteiger partial charge >= 0.3 is 0 Å². The Morgan fingerprint density at radius 2 is 0.689 bits per heavy atom. The lowest BCUT2D eigenvalue weighted by molar-refractivity contribution is -0.916. The zero-order chi connectivity index (χ0) is 31.3. The maximum Gasteiger partial charge on any atom is 0.204 e. The van der Waals surface area contributed by atoms with Crippen molar-refractivity contribution in [2.75, 3.05) is 98.4 Å². The van der Waals surface area contributed by atoms with Gasteiger partial charge in [-0.25, -0.2) is 0 Å². The summed E-state index contributed by atoms with van der Waals surface area (Å²) in [5, 5.41) is 0. The van der Waals surface area contributed by atoms with Crippen molar-refractivity contribution < 1.29 is 99.6 Å². The Hall–Kier alpha value is -0.630. The average Bonchev–Trinajstić information content (AvgIpc) is 3.04. The van der Waals surface area contributed by atoms with Gasteiger partial charge in [-0.05, 0) is 92.2 Å². The van der Waals surface area contributed by atoms with Crippen LogP contribution < -0.4 is 86.1 Å². The highest BCUT2D eigenvalue weighted by Crippen LogP contribution is 2.37. The van der Waals surface area contributed by atoms with Crippen molar-refractivity contribution in [2.24, 2.45) is 0 Å². The summed E-state index contributed by atoms with van der Waals surface area (Å²) in [5.74, 6) is 21.4. The minimum Gasteiger partial charge on any atom is -1.00 e. The van der Waals surface area contributed by atoms with Crippen LogP contribution >= 0.6 is 0 Å². The number of hydrogen-bond acceptors (Lipinski definition) is 3. The van der Waals surface area contributed by atoms with Gasteiger partial charge in [-0.15, -0.1) is 0 Å². The van der Waals surface area contributed by atoms with Crippen LogP contribution in [0.3, 0.4) is 0 Å². The standard InChI is InChI=1S/C36H60N3O3.3HI/c1-10-37(11-2,12-3)28-19-22-31-40-34-26-25-27-35(41-32-23-20-29-38(13-4,14-5)15-6)36(34)42-33-24-21-30-39(16-7,17-8)18-9;;;/h25-27H,10-18,28-33H2,1-9H3;3*1H/q+3;;;/p-3. The maximum absolute atomic E-state index is 6.18. The van der Waals surface area contributed by atoms with E-state index in [1.54, 1.807) is 0 Å². The number of nitrogens with zero attached hydrogens (tertiary/aromatic N) is 3. The highest BCUT2D eigenvalue weighted by Gasteiger charge is 2.20. The molecular formula is C36H60I3N3O3. The highest BCUT2D eigenvalue weighted by molar-refractivity contribution is 5.51. The molecule has 45 heavy (non-hydrogen) atoms. The molecule has 1 aromatic rings. The van der Waals surface area contributed by atoms with Crippen LogP contribution in [0.4, 0.5) is 0 Å². The molecule has 0 aliphatic carbocycles. The Labute approximate surface area is 328 Å². The van der Waals surface area contributed by atoms with Gasteiger partial charge in [-0.2, -0.15) is 0 Å². The molecular weight excluding hydrogens is 903 g/mol. The smallest absolute Gasteiger partial charge is 0.204 e. The molecule has 0 fully saturated rings. The third-order valence-corrected chi connectivity index (χ3v) is 9.49. The third-order valence-electron chi connectivity index (χ3n) is 9.49. The Morgan fingerprint density at radius 3 is 0.956 bits per heavy atom. The van der Waals surface area contributed by atoms with Crippen molar-refractivity contribution >= 4 is 0 Å². The van der Waals surface area contributed by atoms with Crippen LogP contribution in [0.25, 0.3) is 0 Å². The fourth-order valence-electron chi connectivity index (χ4n) is 5.04. The minimum absolute atomic E-state index is 0. The van der Waals surface area contributed by atoms with Crippen LogP contribution in [-0.4, -0.2) is 112 Å². The summed E-state index contributed by atoms with van der Waals surface area (Å²) in [6.07, 6.45) is 0. The van der Waals surface area contributed by atoms with Crippen molar-refractivity contribution in [3.8, 4) is 52.8 Å². The lowest BCUT2D eigenvalue weighted by atomic mass is 10.3. The fraction of sp³-hybridized carbons (Fsp3) is 0.667. The number of quaternary nitrogens is 3. The second kappa shape index (κ2) is 27.3. The van der Waals surface area contributed by atoms with Gasteiger partial charge in [0.2, 0.25) is 5.75 Å². The van der Waals surface area contributed by atoms with E-state index in [4.69, 9.17) is 14.2 Å². The summed E-state index contributed by atoms with van der Waals surface area (Å²) in [4.78, 5) is 0. The molecule has 0 atom stereocenters. The first-order chi connectivity index (χ1) is 20.3. The molecule has 0 spiro atoms. The number of hydrogen-bond donors (Lipinski definition) is 0. The molecule has 1 rings (SSSR count). The Balaban J connectivity index is -0.00000588.